The highest BCUT2D eigenvalue weighted by atomic mass is 127. The van der Waals surface area contributed by atoms with Gasteiger partial charge in [0.05, 0.1) is 3.57 Å². The first-order chi connectivity index (χ1) is 30.6. The average Bonchev–Trinajstić information content (AvgIpc) is 4.01. The van der Waals surface area contributed by atoms with Crippen molar-refractivity contribution in [3.63, 3.8) is 0 Å². The normalized spacial score (nSPS) is 11.2. The van der Waals surface area contributed by atoms with Crippen molar-refractivity contribution < 1.29 is 9.47 Å². The van der Waals surface area contributed by atoms with Crippen molar-refractivity contribution in [2.24, 2.45) is 0 Å². The predicted octanol–water partition coefficient (Wildman–Crippen LogP) is 12.0. The van der Waals surface area contributed by atoms with Crippen LogP contribution in [0.4, 0.5) is 0 Å². The number of nitrogens with zero attached hydrogens (tertiary/aromatic N) is 8. The van der Waals surface area contributed by atoms with Gasteiger partial charge in [-0.15, -0.1) is 24.0 Å². The molecule has 0 fully saturated rings. The molecule has 0 atom stereocenters. The second-order valence-corrected chi connectivity index (χ2v) is 16.8. The van der Waals surface area contributed by atoms with Crippen molar-refractivity contribution in [1.29, 1.82) is 0 Å². The van der Waals surface area contributed by atoms with Gasteiger partial charge >= 0.3 is 0 Å². The number of aromatic amines is 2. The van der Waals surface area contributed by atoms with Crippen LogP contribution in [-0.2, 0) is 0 Å². The molecule has 0 radical (unpaired) electrons. The lowest BCUT2D eigenvalue weighted by Gasteiger charge is -2.15. The molecule has 0 saturated heterocycles. The Morgan fingerprint density at radius 1 is 0.422 bits per heavy atom. The number of hydrogen-bond donors (Lipinski definition) is 2. The summed E-state index contributed by atoms with van der Waals surface area (Å²) >= 11 is 2.32. The van der Waals surface area contributed by atoms with Crippen LogP contribution in [0, 0.1) is 3.57 Å². The van der Waals surface area contributed by atoms with Crippen LogP contribution < -0.4 is 9.47 Å². The monoisotopic (exact) mass is 1070 g/mol. The van der Waals surface area contributed by atoms with Crippen molar-refractivity contribution in [2.45, 2.75) is 0 Å². The van der Waals surface area contributed by atoms with Gasteiger partial charge in [-0.1, -0.05) is 109 Å². The van der Waals surface area contributed by atoms with Crippen LogP contribution in [0.3, 0.4) is 0 Å². The lowest BCUT2D eigenvalue weighted by molar-refractivity contribution is 0.417. The van der Waals surface area contributed by atoms with Crippen LogP contribution in [0.1, 0.15) is 0 Å². The number of hydrogen-bond acceptors (Lipinski definition) is 10. The molecule has 2 aliphatic heterocycles. The van der Waals surface area contributed by atoms with E-state index in [1.807, 2.05) is 192 Å². The lowest BCUT2D eigenvalue weighted by Crippen LogP contribution is -1.99. The van der Waals surface area contributed by atoms with Gasteiger partial charge in [0, 0.05) is 43.8 Å². The van der Waals surface area contributed by atoms with Crippen molar-refractivity contribution in [1.82, 2.24) is 49.7 Å². The number of rotatable bonds is 4. The molecule has 64 heavy (non-hydrogen) atoms. The van der Waals surface area contributed by atoms with E-state index in [-0.39, 0.29) is 24.0 Å². The van der Waals surface area contributed by atoms with Crippen LogP contribution in [0.2, 0.25) is 0 Å². The van der Waals surface area contributed by atoms with E-state index >= 15 is 0 Å². The van der Waals surface area contributed by atoms with Gasteiger partial charge in [0.15, 0.2) is 34.8 Å². The molecule has 6 aromatic carbocycles. The van der Waals surface area contributed by atoms with Crippen molar-refractivity contribution in [3.8, 4) is 68.5 Å². The van der Waals surface area contributed by atoms with E-state index in [0.717, 1.165) is 47.4 Å². The summed E-state index contributed by atoms with van der Waals surface area (Å²) in [5, 5.41) is 3.40. The molecule has 0 aliphatic carbocycles. The summed E-state index contributed by atoms with van der Waals surface area (Å²) in [7, 11) is 12.0. The fourth-order valence-electron chi connectivity index (χ4n) is 7.11. The molecule has 8 bridgehead atoms. The van der Waals surface area contributed by atoms with Gasteiger partial charge in [0.1, 0.15) is 34.1 Å². The molecule has 0 saturated carbocycles. The summed E-state index contributed by atoms with van der Waals surface area (Å²) in [6.07, 6.45) is 0. The van der Waals surface area contributed by atoms with Crippen molar-refractivity contribution in [2.75, 3.05) is 42.3 Å². The number of para-hydroxylation sites is 2. The molecule has 9 aromatic rings. The van der Waals surface area contributed by atoms with Gasteiger partial charge in [-0.3, -0.25) is 0 Å². The first-order valence-corrected chi connectivity index (χ1v) is 21.3. The molecule has 0 spiro atoms. The summed E-state index contributed by atoms with van der Waals surface area (Å²) in [4.78, 5) is 41.8. The van der Waals surface area contributed by atoms with E-state index in [4.69, 9.17) is 39.4 Å². The minimum atomic E-state index is 0. The van der Waals surface area contributed by atoms with E-state index in [2.05, 4.69) is 32.6 Å². The summed E-state index contributed by atoms with van der Waals surface area (Å²) in [5.74, 6) is 4.51. The minimum absolute atomic E-state index is 0. The molecule has 5 heterocycles. The maximum atomic E-state index is 6.61. The Hall–Kier alpha value is -6.34. The molecule has 12 nitrogen and oxygen atoms in total. The fourth-order valence-corrected chi connectivity index (χ4v) is 8.03. The zero-order valence-corrected chi connectivity index (χ0v) is 40.4. The van der Waals surface area contributed by atoms with Crippen molar-refractivity contribution in [3.05, 3.63) is 143 Å². The lowest BCUT2D eigenvalue weighted by atomic mass is 10.1. The van der Waals surface area contributed by atoms with Crippen molar-refractivity contribution >= 4 is 90.7 Å². The zero-order valence-electron chi connectivity index (χ0n) is 36.0. The smallest absolute Gasteiger partial charge is 0.184 e. The number of ether oxygens (including phenoxy) is 2. The SMILES string of the molecule is CN(C)C.CN(C)C.I.Ic1c(Oc2ccccc2)c(Oc2ccccc2)cc2c3nc4nc(nc5[nH]c(nc6nc(nc([nH]3)c12)-c1ccccc1-6)c1ccccc51)-c1ccccc1-4. The number of benzene rings is 6. The van der Waals surface area contributed by atoms with Crippen LogP contribution >= 0.6 is 46.6 Å². The van der Waals surface area contributed by atoms with Crippen LogP contribution in [0.25, 0.3) is 89.7 Å². The van der Waals surface area contributed by atoms with E-state index in [1.54, 1.807) is 0 Å². The summed E-state index contributed by atoms with van der Waals surface area (Å²) < 4.78 is 14.0. The quantitative estimate of drug-likeness (QED) is 0.164. The molecule has 2 aliphatic rings. The average molecular weight is 1070 g/mol. The van der Waals surface area contributed by atoms with E-state index in [1.165, 1.54) is 0 Å². The molecule has 0 unspecified atom stereocenters. The standard InChI is InChI=1S/C44H25IN8O2.2C3H9N.HI/c45-35-34-32(23-33(54-24-13-3-1-4-14-24)36(35)55-25-15-5-2-6-16-25)43-51-41-29-20-10-9-19-28(29)39(49-41)47-37-26-17-7-8-18-27(26)38(46-37)48-40-30-21-11-12-22-31(30)42(50-40)52-44(34)53-43;2*1-4(2)3;/h1-23H,(H2,46,47,48,49,50,51,52,53);2*1-3H3;1H. The summed E-state index contributed by atoms with van der Waals surface area (Å²) in [6.45, 7) is 0. The van der Waals surface area contributed by atoms with Crippen LogP contribution in [0.5, 0.6) is 23.0 Å². The third kappa shape index (κ3) is 9.17. The topological polar surface area (TPSA) is 134 Å². The Balaban J connectivity index is 0.000000578. The van der Waals surface area contributed by atoms with Gasteiger partial charge < -0.3 is 29.2 Å². The number of H-pyrrole nitrogens is 2. The van der Waals surface area contributed by atoms with E-state index in [9.17, 15) is 0 Å². The minimum Gasteiger partial charge on any atom is -0.453 e. The van der Waals surface area contributed by atoms with Crippen LogP contribution in [-0.4, -0.2) is 92.0 Å². The second-order valence-electron chi connectivity index (χ2n) is 15.7. The maximum Gasteiger partial charge on any atom is 0.184 e. The highest BCUT2D eigenvalue weighted by Crippen LogP contribution is 2.46. The number of halogens is 2. The zero-order chi connectivity index (χ0) is 43.6. The summed E-state index contributed by atoms with van der Waals surface area (Å²) in [6, 6.07) is 45.3. The second kappa shape index (κ2) is 19.2. The highest BCUT2D eigenvalue weighted by Gasteiger charge is 2.25. The molecule has 320 valence electrons. The maximum absolute atomic E-state index is 6.61. The Kier molecular flexibility index (Phi) is 13.3. The molecule has 0 amide bonds. The van der Waals surface area contributed by atoms with Gasteiger partial charge in [0.25, 0.3) is 0 Å². The van der Waals surface area contributed by atoms with Gasteiger partial charge in [0.2, 0.25) is 0 Å². The molecule has 2 N–H and O–H groups in total. The molecular formula is C50H44I2N10O2. The van der Waals surface area contributed by atoms with E-state index in [0.29, 0.717) is 68.9 Å². The fraction of sp³-hybridized carbons (Fsp3) is 0.120. The van der Waals surface area contributed by atoms with Crippen LogP contribution in [0.15, 0.2) is 140 Å². The number of fused-ring (bicyclic) bond motifs is 20. The van der Waals surface area contributed by atoms with Gasteiger partial charge in [-0.2, -0.15) is 0 Å². The molecule has 14 heteroatoms. The Morgan fingerprint density at radius 2 is 0.766 bits per heavy atom. The van der Waals surface area contributed by atoms with Gasteiger partial charge in [-0.25, -0.2) is 29.9 Å². The molecule has 11 rings (SSSR count). The largest absolute Gasteiger partial charge is 0.453 e. The Morgan fingerprint density at radius 3 is 1.20 bits per heavy atom. The number of aromatic nitrogens is 8. The first kappa shape index (κ1) is 44.3. The molecular weight excluding hydrogens is 1030 g/mol. The Labute approximate surface area is 401 Å². The summed E-state index contributed by atoms with van der Waals surface area (Å²) in [5.41, 5.74) is 5.86. The number of nitrogens with one attached hydrogen (secondary N) is 2. The third-order valence-corrected chi connectivity index (χ3v) is 10.7. The molecule has 3 aromatic heterocycles. The Bertz CT molecular complexity index is 3290. The van der Waals surface area contributed by atoms with Gasteiger partial charge in [-0.05, 0) is 95.2 Å². The third-order valence-electron chi connectivity index (χ3n) is 9.64. The predicted molar refractivity (Wildman–Crippen MR) is 276 cm³/mol. The first-order valence-electron chi connectivity index (χ1n) is 20.3. The van der Waals surface area contributed by atoms with E-state index < -0.39 is 0 Å². The highest BCUT2D eigenvalue weighted by molar-refractivity contribution is 14.1.